The van der Waals surface area contributed by atoms with Crippen molar-refractivity contribution in [1.29, 1.82) is 0 Å². The van der Waals surface area contributed by atoms with Gasteiger partial charge in [0.2, 0.25) is 17.7 Å². The Labute approximate surface area is 175 Å². The predicted molar refractivity (Wildman–Crippen MR) is 104 cm³/mol. The Morgan fingerprint density at radius 3 is 2.45 bits per heavy atom. The Balaban J connectivity index is 1.42. The van der Waals surface area contributed by atoms with Crippen LogP contribution in [0.1, 0.15) is 18.5 Å². The van der Waals surface area contributed by atoms with E-state index in [2.05, 4.69) is 25.4 Å². The van der Waals surface area contributed by atoms with E-state index in [1.54, 1.807) is 30.3 Å². The number of anilines is 1. The van der Waals surface area contributed by atoms with Gasteiger partial charge in [0.1, 0.15) is 6.04 Å². The molecule has 3 heterocycles. The molecule has 9 nitrogen and oxygen atoms in total. The van der Waals surface area contributed by atoms with E-state index in [4.69, 9.17) is 0 Å². The van der Waals surface area contributed by atoms with Gasteiger partial charge in [0.15, 0.2) is 0 Å². The van der Waals surface area contributed by atoms with Crippen molar-refractivity contribution in [3.8, 4) is 11.4 Å². The molecule has 2 aromatic heterocycles. The van der Waals surface area contributed by atoms with Crippen LogP contribution in [-0.2, 0) is 11.0 Å². The van der Waals surface area contributed by atoms with Crippen LogP contribution in [0.4, 0.5) is 19.1 Å². The highest BCUT2D eigenvalue weighted by atomic mass is 19.4. The number of hydrogen-bond acceptors (Lipinski definition) is 7. The van der Waals surface area contributed by atoms with Gasteiger partial charge in [0, 0.05) is 44.1 Å². The van der Waals surface area contributed by atoms with E-state index in [1.807, 2.05) is 4.90 Å². The number of tetrazole rings is 1. The van der Waals surface area contributed by atoms with Crippen LogP contribution in [-0.4, -0.2) is 67.2 Å². The van der Waals surface area contributed by atoms with Crippen LogP contribution in [0.15, 0.2) is 42.7 Å². The first-order valence-electron chi connectivity index (χ1n) is 9.61. The molecule has 1 saturated heterocycles. The maximum absolute atomic E-state index is 12.9. The van der Waals surface area contributed by atoms with Gasteiger partial charge in [-0.3, -0.25) is 4.79 Å². The normalized spacial score (nSPS) is 15.7. The molecule has 1 amide bonds. The fraction of sp³-hybridized carbons (Fsp3) is 0.368. The van der Waals surface area contributed by atoms with Gasteiger partial charge in [-0.25, -0.2) is 9.97 Å². The summed E-state index contributed by atoms with van der Waals surface area (Å²) >= 11 is 0. The lowest BCUT2D eigenvalue weighted by Crippen LogP contribution is -2.51. The fourth-order valence-electron chi connectivity index (χ4n) is 3.28. The number of carbonyl (C=O) groups excluding carboxylic acids is 1. The zero-order valence-corrected chi connectivity index (χ0v) is 16.6. The van der Waals surface area contributed by atoms with Crippen LogP contribution in [0.3, 0.4) is 0 Å². The van der Waals surface area contributed by atoms with Crippen molar-refractivity contribution in [2.24, 2.45) is 0 Å². The molecule has 0 aliphatic carbocycles. The van der Waals surface area contributed by atoms with Gasteiger partial charge in [-0.15, -0.1) is 10.2 Å². The molecule has 1 unspecified atom stereocenters. The molecule has 3 aromatic rings. The lowest BCUT2D eigenvalue weighted by atomic mass is 10.1. The molecule has 0 spiro atoms. The number of amides is 1. The Bertz CT molecular complexity index is 1050. The molecule has 1 aromatic carbocycles. The van der Waals surface area contributed by atoms with Crippen molar-refractivity contribution in [2.45, 2.75) is 19.1 Å². The molecule has 0 N–H and O–H groups in total. The zero-order valence-electron chi connectivity index (χ0n) is 16.6. The van der Waals surface area contributed by atoms with Crippen molar-refractivity contribution >= 4 is 11.9 Å². The minimum absolute atomic E-state index is 0.0248. The van der Waals surface area contributed by atoms with Gasteiger partial charge in [-0.1, -0.05) is 12.1 Å². The minimum Gasteiger partial charge on any atom is -0.337 e. The second-order valence-corrected chi connectivity index (χ2v) is 7.05. The van der Waals surface area contributed by atoms with E-state index in [1.165, 1.54) is 12.1 Å². The van der Waals surface area contributed by atoms with Crippen molar-refractivity contribution in [3.05, 3.63) is 48.3 Å². The van der Waals surface area contributed by atoms with E-state index in [9.17, 15) is 18.0 Å². The van der Waals surface area contributed by atoms with Crippen molar-refractivity contribution in [3.63, 3.8) is 0 Å². The Kier molecular flexibility index (Phi) is 5.53. The second kappa shape index (κ2) is 8.28. The highest BCUT2D eigenvalue weighted by molar-refractivity contribution is 5.80. The maximum Gasteiger partial charge on any atom is 0.416 e. The molecule has 1 aliphatic heterocycles. The van der Waals surface area contributed by atoms with Gasteiger partial charge in [0.05, 0.1) is 5.56 Å². The van der Waals surface area contributed by atoms with E-state index in [-0.39, 0.29) is 17.3 Å². The molecule has 0 saturated carbocycles. The molecule has 31 heavy (non-hydrogen) atoms. The molecule has 1 fully saturated rings. The number of nitrogens with zero attached hydrogens (tertiary/aromatic N) is 8. The summed E-state index contributed by atoms with van der Waals surface area (Å²) in [5, 5.41) is 11.8. The van der Waals surface area contributed by atoms with Crippen LogP contribution < -0.4 is 4.90 Å². The Morgan fingerprint density at radius 2 is 1.77 bits per heavy atom. The number of rotatable bonds is 4. The number of carbonyl (C=O) groups is 1. The smallest absolute Gasteiger partial charge is 0.337 e. The van der Waals surface area contributed by atoms with Crippen molar-refractivity contribution in [1.82, 2.24) is 35.1 Å². The summed E-state index contributed by atoms with van der Waals surface area (Å²) in [6.07, 6.45) is -1.14. The summed E-state index contributed by atoms with van der Waals surface area (Å²) < 4.78 is 38.8. The van der Waals surface area contributed by atoms with Crippen LogP contribution in [0, 0.1) is 0 Å². The van der Waals surface area contributed by atoms with E-state index >= 15 is 0 Å². The molecule has 162 valence electrons. The standard InChI is InChI=1S/C19H19F3N8O/c1-13(17(31)28-8-10-29(11-9-28)18-23-6-3-7-24-18)30-26-16(25-27-30)14-4-2-5-15(12-14)19(20,21)22/h2-7,12-13H,8-11H2,1H3. The number of halogens is 3. The molecule has 12 heteroatoms. The number of hydrogen-bond donors (Lipinski definition) is 0. The molecular formula is C19H19F3N8O. The highest BCUT2D eigenvalue weighted by Gasteiger charge is 2.31. The molecule has 1 atom stereocenters. The summed E-state index contributed by atoms with van der Waals surface area (Å²) in [4.78, 5) is 26.1. The lowest BCUT2D eigenvalue weighted by molar-refractivity contribution is -0.137. The summed E-state index contributed by atoms with van der Waals surface area (Å²) in [6.45, 7) is 3.77. The van der Waals surface area contributed by atoms with Crippen LogP contribution >= 0.6 is 0 Å². The first-order chi connectivity index (χ1) is 14.8. The van der Waals surface area contributed by atoms with Crippen LogP contribution in [0.5, 0.6) is 0 Å². The lowest BCUT2D eigenvalue weighted by Gasteiger charge is -2.35. The van der Waals surface area contributed by atoms with Gasteiger partial charge >= 0.3 is 6.18 Å². The first kappa shape index (κ1) is 20.7. The summed E-state index contributed by atoms with van der Waals surface area (Å²) in [6, 6.07) is 5.67. The van der Waals surface area contributed by atoms with Crippen LogP contribution in [0.2, 0.25) is 0 Å². The average molecular weight is 432 g/mol. The Morgan fingerprint density at radius 1 is 1.06 bits per heavy atom. The molecular weight excluding hydrogens is 413 g/mol. The van der Waals surface area contributed by atoms with Gasteiger partial charge in [-0.05, 0) is 30.3 Å². The third-order valence-electron chi connectivity index (χ3n) is 5.01. The maximum atomic E-state index is 12.9. The second-order valence-electron chi connectivity index (χ2n) is 7.05. The van der Waals surface area contributed by atoms with Gasteiger partial charge in [-0.2, -0.15) is 18.0 Å². The molecule has 0 radical (unpaired) electrons. The van der Waals surface area contributed by atoms with E-state index < -0.39 is 17.8 Å². The topological polar surface area (TPSA) is 92.9 Å². The molecule has 1 aliphatic rings. The third kappa shape index (κ3) is 4.47. The van der Waals surface area contributed by atoms with Gasteiger partial charge < -0.3 is 9.80 Å². The summed E-state index contributed by atoms with van der Waals surface area (Å²) in [5.41, 5.74) is -0.622. The number of piperazine rings is 1. The van der Waals surface area contributed by atoms with Crippen LogP contribution in [0.25, 0.3) is 11.4 Å². The minimum atomic E-state index is -4.47. The largest absolute Gasteiger partial charge is 0.416 e. The van der Waals surface area contributed by atoms with Crippen molar-refractivity contribution < 1.29 is 18.0 Å². The highest BCUT2D eigenvalue weighted by Crippen LogP contribution is 2.31. The summed E-state index contributed by atoms with van der Waals surface area (Å²) in [7, 11) is 0. The fourth-order valence-corrected chi connectivity index (χ4v) is 3.28. The number of benzene rings is 1. The average Bonchev–Trinajstić information content (AvgIpc) is 3.29. The molecule has 4 rings (SSSR count). The van der Waals surface area contributed by atoms with Gasteiger partial charge in [0.25, 0.3) is 0 Å². The van der Waals surface area contributed by atoms with Crippen molar-refractivity contribution in [2.75, 3.05) is 31.1 Å². The SMILES string of the molecule is CC(C(=O)N1CCN(c2ncccn2)CC1)n1nnc(-c2cccc(C(F)(F)F)c2)n1. The van der Waals surface area contributed by atoms with E-state index in [0.29, 0.717) is 32.1 Å². The first-order valence-corrected chi connectivity index (χ1v) is 9.61. The van der Waals surface area contributed by atoms with E-state index in [0.717, 1.165) is 16.9 Å². The molecule has 0 bridgehead atoms. The monoisotopic (exact) mass is 432 g/mol. The third-order valence-corrected chi connectivity index (χ3v) is 5.01. The number of alkyl halides is 3. The zero-order chi connectivity index (χ0) is 22.0. The predicted octanol–water partition coefficient (Wildman–Crippen LogP) is 2.06. The summed E-state index contributed by atoms with van der Waals surface area (Å²) in [5.74, 6) is 0.449. The quantitative estimate of drug-likeness (QED) is 0.623. The Hall–Kier alpha value is -3.57. The number of aromatic nitrogens is 6.